The quantitative estimate of drug-likeness (QED) is 0.533. The van der Waals surface area contributed by atoms with Crippen LogP contribution in [0, 0.1) is 5.82 Å². The Bertz CT molecular complexity index is 1190. The maximum atomic E-state index is 14.1. The lowest BCUT2D eigenvalue weighted by atomic mass is 9.87. The first-order valence-electron chi connectivity index (χ1n) is 11.6. The number of nitrogens with one attached hydrogen (secondary N) is 1. The normalized spacial score (nSPS) is 15.2. The molecule has 0 unspecified atom stereocenters. The second-order valence-corrected chi connectivity index (χ2v) is 8.69. The van der Waals surface area contributed by atoms with Crippen molar-refractivity contribution >= 4 is 11.8 Å². The molecule has 2 amide bonds. The van der Waals surface area contributed by atoms with Crippen LogP contribution in [0.4, 0.5) is 4.39 Å². The number of carbonyl (C=O) groups excluding carboxylic acids is 2. The van der Waals surface area contributed by atoms with Crippen molar-refractivity contribution in [3.05, 3.63) is 88.6 Å². The average Bonchev–Trinajstić information content (AvgIpc) is 3.30. The van der Waals surface area contributed by atoms with Crippen LogP contribution in [0.25, 0.3) is 0 Å². The molecule has 1 aromatic heterocycles. The van der Waals surface area contributed by atoms with E-state index < -0.39 is 0 Å². The number of rotatable bonds is 7. The fourth-order valence-electron chi connectivity index (χ4n) is 4.26. The highest BCUT2D eigenvalue weighted by atomic mass is 19.1. The average molecular weight is 465 g/mol. The molecule has 0 saturated heterocycles. The topological polar surface area (TPSA) is 71.8 Å². The van der Waals surface area contributed by atoms with Crippen LogP contribution in [0.5, 0.6) is 5.75 Å². The molecule has 0 fully saturated rings. The van der Waals surface area contributed by atoms with Crippen LogP contribution in [0.3, 0.4) is 0 Å². The van der Waals surface area contributed by atoms with Crippen molar-refractivity contribution in [3.63, 3.8) is 0 Å². The number of nitrogens with zero attached hydrogens (tertiary/aromatic N) is 1. The highest BCUT2D eigenvalue weighted by Crippen LogP contribution is 2.37. The smallest absolute Gasteiger partial charge is 0.287 e. The maximum absolute atomic E-state index is 14.1. The monoisotopic (exact) mass is 464 g/mol. The molecule has 0 aliphatic carbocycles. The van der Waals surface area contributed by atoms with Crippen LogP contribution in [0.15, 0.2) is 59.0 Å². The molecule has 2 aromatic carbocycles. The lowest BCUT2D eigenvalue weighted by Gasteiger charge is -2.38. The Kier molecular flexibility index (Phi) is 7.01. The van der Waals surface area contributed by atoms with Crippen LogP contribution in [0.1, 0.15) is 66.2 Å². The Morgan fingerprint density at radius 2 is 2.00 bits per heavy atom. The first kappa shape index (κ1) is 23.5. The van der Waals surface area contributed by atoms with Crippen LogP contribution in [0.2, 0.25) is 0 Å². The van der Waals surface area contributed by atoms with Gasteiger partial charge in [0.05, 0.1) is 6.04 Å². The molecule has 6 nitrogen and oxygen atoms in total. The molecular formula is C27H29FN2O4. The molecule has 2 heterocycles. The molecule has 3 aromatic rings. The zero-order valence-corrected chi connectivity index (χ0v) is 19.6. The molecule has 1 aliphatic rings. The second-order valence-electron chi connectivity index (χ2n) is 8.69. The maximum Gasteiger partial charge on any atom is 0.287 e. The van der Waals surface area contributed by atoms with Crippen molar-refractivity contribution < 1.29 is 23.1 Å². The first-order valence-corrected chi connectivity index (χ1v) is 11.6. The van der Waals surface area contributed by atoms with Crippen LogP contribution >= 0.6 is 0 Å². The minimum Gasteiger partial charge on any atom is -0.486 e. The van der Waals surface area contributed by atoms with Gasteiger partial charge in [-0.25, -0.2) is 4.39 Å². The van der Waals surface area contributed by atoms with Crippen LogP contribution in [-0.4, -0.2) is 29.3 Å². The van der Waals surface area contributed by atoms with Crippen molar-refractivity contribution in [1.82, 2.24) is 10.2 Å². The SMILES string of the molecule is CCC(=O)N1CCc2ccc(OCc3ccc(C(=O)NC(C)C)o3)cc2[C@@H]1c1cccc(F)c1. The van der Waals surface area contributed by atoms with E-state index in [1.807, 2.05) is 49.9 Å². The molecule has 0 spiro atoms. The number of benzene rings is 2. The summed E-state index contributed by atoms with van der Waals surface area (Å²) in [6.45, 7) is 6.32. The Morgan fingerprint density at radius 1 is 1.18 bits per heavy atom. The van der Waals surface area contributed by atoms with Gasteiger partial charge in [-0.2, -0.15) is 0 Å². The Morgan fingerprint density at radius 3 is 2.74 bits per heavy atom. The van der Waals surface area contributed by atoms with Gasteiger partial charge in [-0.15, -0.1) is 0 Å². The van der Waals surface area contributed by atoms with Crippen LogP contribution in [-0.2, 0) is 17.8 Å². The molecule has 1 N–H and O–H groups in total. The predicted molar refractivity (Wildman–Crippen MR) is 126 cm³/mol. The number of amides is 2. The van der Waals surface area contributed by atoms with Crippen molar-refractivity contribution in [2.45, 2.75) is 52.3 Å². The van der Waals surface area contributed by atoms with Crippen molar-refractivity contribution in [1.29, 1.82) is 0 Å². The largest absolute Gasteiger partial charge is 0.486 e. The van der Waals surface area contributed by atoms with E-state index >= 15 is 0 Å². The summed E-state index contributed by atoms with van der Waals surface area (Å²) >= 11 is 0. The molecule has 34 heavy (non-hydrogen) atoms. The summed E-state index contributed by atoms with van der Waals surface area (Å²) in [7, 11) is 0. The standard InChI is InChI=1S/C27H29FN2O4/c1-4-25(31)30-13-12-18-8-9-21(15-23(18)26(30)19-6-5-7-20(28)14-19)33-16-22-10-11-24(34-22)27(32)29-17(2)3/h5-11,14-15,17,26H,4,12-13,16H2,1-3H3,(H,29,32)/t26-/m0/s1. The highest BCUT2D eigenvalue weighted by molar-refractivity contribution is 5.91. The Labute approximate surface area is 198 Å². The minimum absolute atomic E-state index is 0.0120. The molecular weight excluding hydrogens is 435 g/mol. The van der Waals surface area contributed by atoms with Gasteiger partial charge in [-0.05, 0) is 73.4 Å². The van der Waals surface area contributed by atoms with Gasteiger partial charge in [0.15, 0.2) is 5.76 Å². The second kappa shape index (κ2) is 10.1. The predicted octanol–water partition coefficient (Wildman–Crippen LogP) is 5.02. The molecule has 4 rings (SSSR count). The summed E-state index contributed by atoms with van der Waals surface area (Å²) in [5.74, 6) is 0.781. The number of ether oxygens (including phenoxy) is 1. The van der Waals surface area contributed by atoms with E-state index in [-0.39, 0.29) is 42.1 Å². The number of hydrogen-bond donors (Lipinski definition) is 1. The number of hydrogen-bond acceptors (Lipinski definition) is 4. The van der Waals surface area contributed by atoms with Crippen molar-refractivity contribution in [2.75, 3.05) is 6.54 Å². The lowest BCUT2D eigenvalue weighted by Crippen LogP contribution is -2.40. The third-order valence-electron chi connectivity index (χ3n) is 5.82. The molecule has 1 atom stereocenters. The minimum atomic E-state index is -0.384. The fraction of sp³-hybridized carbons (Fsp3) is 0.333. The van der Waals surface area contributed by atoms with Gasteiger partial charge in [-0.1, -0.05) is 25.1 Å². The molecule has 1 aliphatic heterocycles. The zero-order chi connectivity index (χ0) is 24.2. The molecule has 0 saturated carbocycles. The summed E-state index contributed by atoms with van der Waals surface area (Å²) in [5.41, 5.74) is 2.76. The Hall–Kier alpha value is -3.61. The number of furan rings is 1. The van der Waals surface area contributed by atoms with E-state index in [1.54, 1.807) is 18.2 Å². The van der Waals surface area contributed by atoms with Gasteiger partial charge >= 0.3 is 0 Å². The summed E-state index contributed by atoms with van der Waals surface area (Å²) < 4.78 is 25.6. The Balaban J connectivity index is 1.58. The highest BCUT2D eigenvalue weighted by Gasteiger charge is 2.32. The van der Waals surface area contributed by atoms with Gasteiger partial charge < -0.3 is 19.4 Å². The van der Waals surface area contributed by atoms with Crippen molar-refractivity contribution in [3.8, 4) is 5.75 Å². The zero-order valence-electron chi connectivity index (χ0n) is 19.6. The van der Waals surface area contributed by atoms with E-state index in [0.717, 1.165) is 23.1 Å². The van der Waals surface area contributed by atoms with Gasteiger partial charge in [0, 0.05) is 19.0 Å². The third kappa shape index (κ3) is 5.14. The van der Waals surface area contributed by atoms with E-state index in [4.69, 9.17) is 9.15 Å². The van der Waals surface area contributed by atoms with E-state index in [1.165, 1.54) is 12.1 Å². The van der Waals surface area contributed by atoms with Gasteiger partial charge in [0.1, 0.15) is 23.9 Å². The fourth-order valence-corrected chi connectivity index (χ4v) is 4.26. The molecule has 0 bridgehead atoms. The van der Waals surface area contributed by atoms with E-state index in [2.05, 4.69) is 5.32 Å². The number of fused-ring (bicyclic) bond motifs is 1. The summed E-state index contributed by atoms with van der Waals surface area (Å²) in [6.07, 6.45) is 1.10. The van der Waals surface area contributed by atoms with Gasteiger partial charge in [-0.3, -0.25) is 9.59 Å². The van der Waals surface area contributed by atoms with E-state index in [0.29, 0.717) is 24.5 Å². The molecule has 178 valence electrons. The summed E-state index contributed by atoms with van der Waals surface area (Å²) in [4.78, 5) is 26.6. The number of halogens is 1. The van der Waals surface area contributed by atoms with Gasteiger partial charge in [0.2, 0.25) is 5.91 Å². The van der Waals surface area contributed by atoms with E-state index in [9.17, 15) is 14.0 Å². The third-order valence-corrected chi connectivity index (χ3v) is 5.82. The molecule has 7 heteroatoms. The number of carbonyl (C=O) groups is 2. The summed E-state index contributed by atoms with van der Waals surface area (Å²) in [6, 6.07) is 15.1. The lowest BCUT2D eigenvalue weighted by molar-refractivity contribution is -0.132. The van der Waals surface area contributed by atoms with Crippen molar-refractivity contribution in [2.24, 2.45) is 0 Å². The van der Waals surface area contributed by atoms with Gasteiger partial charge in [0.25, 0.3) is 5.91 Å². The summed E-state index contributed by atoms with van der Waals surface area (Å²) in [5, 5.41) is 2.79. The van der Waals surface area contributed by atoms with Crippen LogP contribution < -0.4 is 10.1 Å². The molecule has 0 radical (unpaired) electrons. The first-order chi connectivity index (χ1) is 16.4.